The SMILES string of the molecule is O=C(NNC(=O)c1ccco1)C1=NN(c2ccccc2)C(=O)CC1. The van der Waals surface area contributed by atoms with Gasteiger partial charge in [0.15, 0.2) is 5.76 Å². The van der Waals surface area contributed by atoms with Crippen LogP contribution in [-0.4, -0.2) is 23.4 Å². The zero-order chi connectivity index (χ0) is 16.9. The monoisotopic (exact) mass is 326 g/mol. The highest BCUT2D eigenvalue weighted by Gasteiger charge is 2.25. The van der Waals surface area contributed by atoms with E-state index in [1.807, 2.05) is 6.07 Å². The van der Waals surface area contributed by atoms with Crippen LogP contribution in [0.3, 0.4) is 0 Å². The first kappa shape index (κ1) is 15.5. The summed E-state index contributed by atoms with van der Waals surface area (Å²) in [6, 6.07) is 11.8. The maximum Gasteiger partial charge on any atom is 0.305 e. The number of hydrogen-bond acceptors (Lipinski definition) is 5. The van der Waals surface area contributed by atoms with E-state index in [9.17, 15) is 14.4 Å². The molecule has 8 heteroatoms. The number of hydrazone groups is 1. The molecule has 0 aliphatic carbocycles. The van der Waals surface area contributed by atoms with Gasteiger partial charge in [0.25, 0.3) is 5.91 Å². The van der Waals surface area contributed by atoms with Crippen LogP contribution in [0.5, 0.6) is 0 Å². The molecule has 0 unspecified atom stereocenters. The van der Waals surface area contributed by atoms with E-state index in [1.54, 1.807) is 30.3 Å². The third-order valence-electron chi connectivity index (χ3n) is 3.33. The fourth-order valence-corrected chi connectivity index (χ4v) is 2.14. The van der Waals surface area contributed by atoms with Gasteiger partial charge in [-0.25, -0.2) is 5.01 Å². The number of benzene rings is 1. The van der Waals surface area contributed by atoms with E-state index in [-0.39, 0.29) is 30.2 Å². The molecule has 24 heavy (non-hydrogen) atoms. The lowest BCUT2D eigenvalue weighted by Crippen LogP contribution is -2.47. The van der Waals surface area contributed by atoms with E-state index in [0.717, 1.165) is 0 Å². The minimum atomic E-state index is -0.583. The van der Waals surface area contributed by atoms with Crippen LogP contribution in [0.25, 0.3) is 0 Å². The van der Waals surface area contributed by atoms with Gasteiger partial charge in [0.05, 0.1) is 12.0 Å². The van der Waals surface area contributed by atoms with Gasteiger partial charge in [-0.05, 0) is 24.3 Å². The minimum Gasteiger partial charge on any atom is -0.459 e. The topological polar surface area (TPSA) is 104 Å². The van der Waals surface area contributed by atoms with E-state index < -0.39 is 11.8 Å². The van der Waals surface area contributed by atoms with Gasteiger partial charge < -0.3 is 4.42 Å². The molecule has 2 aromatic rings. The van der Waals surface area contributed by atoms with Gasteiger partial charge in [-0.3, -0.25) is 25.2 Å². The molecular weight excluding hydrogens is 312 g/mol. The highest BCUT2D eigenvalue weighted by Crippen LogP contribution is 2.19. The molecule has 3 amide bonds. The normalized spacial score (nSPS) is 14.1. The van der Waals surface area contributed by atoms with E-state index in [0.29, 0.717) is 5.69 Å². The molecule has 2 heterocycles. The molecule has 1 aromatic carbocycles. The predicted molar refractivity (Wildman–Crippen MR) is 84.9 cm³/mol. The van der Waals surface area contributed by atoms with Crippen LogP contribution in [-0.2, 0) is 9.59 Å². The van der Waals surface area contributed by atoms with Gasteiger partial charge in [-0.1, -0.05) is 18.2 Å². The summed E-state index contributed by atoms with van der Waals surface area (Å²) in [5, 5.41) is 5.27. The van der Waals surface area contributed by atoms with Crippen LogP contribution in [0.1, 0.15) is 23.4 Å². The van der Waals surface area contributed by atoms with Gasteiger partial charge in [0, 0.05) is 12.8 Å². The molecule has 0 bridgehead atoms. The van der Waals surface area contributed by atoms with Crippen molar-refractivity contribution in [2.75, 3.05) is 5.01 Å². The molecule has 0 spiro atoms. The molecule has 1 aromatic heterocycles. The second-order valence-electron chi connectivity index (χ2n) is 4.97. The van der Waals surface area contributed by atoms with Gasteiger partial charge in [0.1, 0.15) is 5.71 Å². The van der Waals surface area contributed by atoms with E-state index in [2.05, 4.69) is 16.0 Å². The summed E-state index contributed by atoms with van der Waals surface area (Å²) >= 11 is 0. The summed E-state index contributed by atoms with van der Waals surface area (Å²) in [7, 11) is 0. The maximum atomic E-state index is 12.1. The standard InChI is InChI=1S/C16H14N4O4/c21-14-9-8-12(19-20(14)11-5-2-1-3-6-11)15(22)17-18-16(23)13-7-4-10-24-13/h1-7,10H,8-9H2,(H,17,22)(H,18,23). The van der Waals surface area contributed by atoms with Gasteiger partial charge >= 0.3 is 5.91 Å². The number of nitrogens with zero attached hydrogens (tertiary/aromatic N) is 2. The van der Waals surface area contributed by atoms with Crippen LogP contribution in [0.2, 0.25) is 0 Å². The van der Waals surface area contributed by atoms with Gasteiger partial charge in [-0.15, -0.1) is 0 Å². The fourth-order valence-electron chi connectivity index (χ4n) is 2.14. The average Bonchev–Trinajstić information content (AvgIpc) is 3.15. The van der Waals surface area contributed by atoms with E-state index >= 15 is 0 Å². The summed E-state index contributed by atoms with van der Waals surface area (Å²) in [5.74, 6) is -1.29. The Morgan fingerprint density at radius 3 is 2.46 bits per heavy atom. The summed E-state index contributed by atoms with van der Waals surface area (Å²) < 4.78 is 4.92. The van der Waals surface area contributed by atoms with Crippen molar-refractivity contribution in [3.05, 3.63) is 54.5 Å². The summed E-state index contributed by atoms with van der Waals surface area (Å²) in [4.78, 5) is 35.8. The lowest BCUT2D eigenvalue weighted by Gasteiger charge is -2.23. The molecule has 0 saturated carbocycles. The second kappa shape index (κ2) is 6.78. The number of hydrogen-bond donors (Lipinski definition) is 2. The van der Waals surface area contributed by atoms with Crippen LogP contribution in [0, 0.1) is 0 Å². The zero-order valence-corrected chi connectivity index (χ0v) is 12.6. The van der Waals surface area contributed by atoms with Crippen molar-refractivity contribution in [3.8, 4) is 0 Å². The predicted octanol–water partition coefficient (Wildman–Crippen LogP) is 1.22. The number of hydrazine groups is 1. The third-order valence-corrected chi connectivity index (χ3v) is 3.33. The first-order valence-electron chi connectivity index (χ1n) is 7.25. The molecule has 1 aliphatic heterocycles. The number of carbonyl (C=O) groups is 3. The number of rotatable bonds is 3. The second-order valence-corrected chi connectivity index (χ2v) is 4.97. The van der Waals surface area contributed by atoms with Gasteiger partial charge in [0.2, 0.25) is 5.91 Å². The quantitative estimate of drug-likeness (QED) is 0.828. The Morgan fingerprint density at radius 1 is 1.00 bits per heavy atom. The van der Waals surface area contributed by atoms with Crippen LogP contribution in [0.4, 0.5) is 5.69 Å². The summed E-state index contributed by atoms with van der Waals surface area (Å²) in [5.41, 5.74) is 5.22. The molecule has 122 valence electrons. The fraction of sp³-hybridized carbons (Fsp3) is 0.125. The van der Waals surface area contributed by atoms with Crippen molar-refractivity contribution in [2.24, 2.45) is 5.10 Å². The van der Waals surface area contributed by atoms with Crippen molar-refractivity contribution >= 4 is 29.1 Å². The molecule has 0 saturated heterocycles. The molecule has 0 radical (unpaired) electrons. The van der Waals surface area contributed by atoms with Crippen molar-refractivity contribution < 1.29 is 18.8 Å². The number of para-hydroxylation sites is 1. The van der Waals surface area contributed by atoms with E-state index in [1.165, 1.54) is 17.3 Å². The lowest BCUT2D eigenvalue weighted by atomic mass is 10.1. The average molecular weight is 326 g/mol. The van der Waals surface area contributed by atoms with Crippen LogP contribution < -0.4 is 15.9 Å². The maximum absolute atomic E-state index is 12.1. The van der Waals surface area contributed by atoms with Crippen molar-refractivity contribution in [3.63, 3.8) is 0 Å². The Hall–Kier alpha value is -3.42. The lowest BCUT2D eigenvalue weighted by molar-refractivity contribution is -0.119. The van der Waals surface area contributed by atoms with Crippen LogP contribution in [0.15, 0.2) is 58.2 Å². The highest BCUT2D eigenvalue weighted by molar-refractivity contribution is 6.40. The smallest absolute Gasteiger partial charge is 0.305 e. The number of anilines is 1. The molecular formula is C16H14N4O4. The summed E-state index contributed by atoms with van der Waals surface area (Å²) in [6.07, 6.45) is 1.71. The molecule has 8 nitrogen and oxygen atoms in total. The van der Waals surface area contributed by atoms with Crippen molar-refractivity contribution in [1.82, 2.24) is 10.9 Å². The third kappa shape index (κ3) is 3.32. The Labute approximate surface area is 137 Å². The molecule has 3 rings (SSSR count). The molecule has 2 N–H and O–H groups in total. The first-order chi connectivity index (χ1) is 11.6. The number of amides is 3. The molecule has 0 atom stereocenters. The molecule has 0 fully saturated rings. The number of nitrogens with one attached hydrogen (secondary N) is 2. The first-order valence-corrected chi connectivity index (χ1v) is 7.25. The van der Waals surface area contributed by atoms with Gasteiger partial charge in [-0.2, -0.15) is 5.10 Å². The largest absolute Gasteiger partial charge is 0.459 e. The van der Waals surface area contributed by atoms with Crippen LogP contribution >= 0.6 is 0 Å². The summed E-state index contributed by atoms with van der Waals surface area (Å²) in [6.45, 7) is 0. The van der Waals surface area contributed by atoms with E-state index in [4.69, 9.17) is 4.42 Å². The Bertz CT molecular complexity index is 784. The minimum absolute atomic E-state index is 0.0713. The number of furan rings is 1. The van der Waals surface area contributed by atoms with Crippen molar-refractivity contribution in [2.45, 2.75) is 12.8 Å². The Morgan fingerprint density at radius 2 is 1.75 bits per heavy atom. The van der Waals surface area contributed by atoms with Crippen molar-refractivity contribution in [1.29, 1.82) is 0 Å². The molecule has 1 aliphatic rings. The Balaban J connectivity index is 1.68. The highest BCUT2D eigenvalue weighted by atomic mass is 16.3. The Kier molecular flexibility index (Phi) is 4.37. The zero-order valence-electron chi connectivity index (χ0n) is 12.6. The number of carbonyl (C=O) groups excluding carboxylic acids is 3.